The largest absolute Gasteiger partial charge is 0.469 e. The summed E-state index contributed by atoms with van der Waals surface area (Å²) >= 11 is 0. The molecule has 4 rings (SSSR count). The van der Waals surface area contributed by atoms with Crippen molar-refractivity contribution in [1.29, 1.82) is 0 Å². The van der Waals surface area contributed by atoms with Crippen LogP contribution in [-0.4, -0.2) is 35.5 Å². The van der Waals surface area contributed by atoms with Gasteiger partial charge in [-0.3, -0.25) is 4.79 Å². The number of hydrogen-bond donors (Lipinski definition) is 2. The Morgan fingerprint density at radius 3 is 2.72 bits per heavy atom. The summed E-state index contributed by atoms with van der Waals surface area (Å²) in [4.78, 5) is 11.7. The molecule has 29 heavy (non-hydrogen) atoms. The van der Waals surface area contributed by atoms with Crippen LogP contribution in [0.1, 0.15) is 91.7 Å². The third-order valence-electron chi connectivity index (χ3n) is 9.71. The molecular formula is C25H42O4. The third kappa shape index (κ3) is 3.37. The van der Waals surface area contributed by atoms with Crippen LogP contribution in [0.4, 0.5) is 0 Å². The molecule has 2 unspecified atom stereocenters. The number of hydrogen-bond acceptors (Lipinski definition) is 4. The zero-order valence-electron chi connectivity index (χ0n) is 23.4. The summed E-state index contributed by atoms with van der Waals surface area (Å²) in [7, 11) is 1.40. The first-order chi connectivity index (χ1) is 15.6. The van der Waals surface area contributed by atoms with Crippen molar-refractivity contribution in [1.82, 2.24) is 0 Å². The molecule has 0 aromatic rings. The van der Waals surface area contributed by atoms with Gasteiger partial charge in [-0.1, -0.05) is 20.8 Å². The first-order valence-corrected chi connectivity index (χ1v) is 11.5. The second kappa shape index (κ2) is 7.82. The summed E-state index contributed by atoms with van der Waals surface area (Å²) in [6.45, 7) is 6.30. The fourth-order valence-corrected chi connectivity index (χ4v) is 8.01. The van der Waals surface area contributed by atoms with Crippen molar-refractivity contribution in [3.05, 3.63) is 0 Å². The number of aliphatic hydroxyl groups excluding tert-OH is 1. The van der Waals surface area contributed by atoms with Gasteiger partial charge in [-0.05, 0) is 104 Å². The van der Waals surface area contributed by atoms with Crippen molar-refractivity contribution in [2.45, 2.75) is 97.1 Å². The predicted octanol–water partition coefficient (Wildman–Crippen LogP) is 4.57. The highest BCUT2D eigenvalue weighted by Crippen LogP contribution is 2.68. The van der Waals surface area contributed by atoms with E-state index < -0.39 is 36.3 Å². The molecule has 0 amide bonds. The fraction of sp³-hybridized carbons (Fsp3) is 0.960. The number of methoxy groups -OCH3 is 1. The molecule has 4 aliphatic rings. The summed E-state index contributed by atoms with van der Waals surface area (Å²) in [5.41, 5.74) is -1.02. The molecule has 10 atom stereocenters. The van der Waals surface area contributed by atoms with Gasteiger partial charge in [0.15, 0.2) is 0 Å². The zero-order chi connectivity index (χ0) is 25.5. The van der Waals surface area contributed by atoms with E-state index in [1.54, 1.807) is 0 Å². The second-order valence-electron chi connectivity index (χ2n) is 10.8. The number of carbonyl (C=O) groups is 1. The van der Waals surface area contributed by atoms with E-state index in [0.29, 0.717) is 19.3 Å². The Labute approximate surface area is 183 Å². The quantitative estimate of drug-likeness (QED) is 0.665. The van der Waals surface area contributed by atoms with Crippen LogP contribution in [0, 0.1) is 46.3 Å². The lowest BCUT2D eigenvalue weighted by atomic mass is 9.43. The van der Waals surface area contributed by atoms with Crippen molar-refractivity contribution >= 4 is 5.97 Å². The van der Waals surface area contributed by atoms with E-state index in [1.165, 1.54) is 7.11 Å². The summed E-state index contributed by atoms with van der Waals surface area (Å²) < 4.78 is 47.3. The lowest BCUT2D eigenvalue weighted by Gasteiger charge is -2.62. The number of esters is 1. The molecule has 2 N–H and O–H groups in total. The first-order valence-electron chi connectivity index (χ1n) is 14.0. The Morgan fingerprint density at radius 1 is 1.24 bits per heavy atom. The van der Waals surface area contributed by atoms with E-state index in [0.717, 1.165) is 25.7 Å². The Balaban J connectivity index is 1.63. The van der Waals surface area contributed by atoms with E-state index in [4.69, 9.17) is 11.6 Å². The maximum atomic E-state index is 11.7. The van der Waals surface area contributed by atoms with Crippen molar-refractivity contribution in [2.75, 3.05) is 7.11 Å². The average molecular weight is 412 g/mol. The highest BCUT2D eigenvalue weighted by atomic mass is 16.5. The number of rotatable bonds is 4. The smallest absolute Gasteiger partial charge is 0.305 e. The molecule has 0 aliphatic heterocycles. The lowest BCUT2D eigenvalue weighted by molar-refractivity contribution is -0.175. The average Bonchev–Trinajstić information content (AvgIpc) is 3.10. The molecule has 166 valence electrons. The van der Waals surface area contributed by atoms with Crippen LogP contribution >= 0.6 is 0 Å². The topological polar surface area (TPSA) is 66.8 Å². The molecule has 0 heterocycles. The normalized spacial score (nSPS) is 58.8. The second-order valence-corrected chi connectivity index (χ2v) is 10.8. The highest BCUT2D eigenvalue weighted by molar-refractivity contribution is 5.69. The minimum Gasteiger partial charge on any atom is -0.469 e. The van der Waals surface area contributed by atoms with Crippen LogP contribution in [0.15, 0.2) is 0 Å². The van der Waals surface area contributed by atoms with E-state index in [9.17, 15) is 15.0 Å². The monoisotopic (exact) mass is 411 g/mol. The van der Waals surface area contributed by atoms with Crippen LogP contribution in [0.5, 0.6) is 0 Å². The Bertz CT molecular complexity index is 819. The SMILES string of the molecule is [2H]C1([2H])C[C@]2(C)C3C[C@H](O)[C@]4(C)[C@@H]([C@H](C)CCC(=O)OC)CC[C@H]4C3CC[C@@H]2C([2H])([2H])[C@]1([2H])O. The molecule has 4 fully saturated rings. The summed E-state index contributed by atoms with van der Waals surface area (Å²) in [5.74, 6) is 0.186. The van der Waals surface area contributed by atoms with E-state index in [-0.39, 0.29) is 47.4 Å². The molecule has 4 nitrogen and oxygen atoms in total. The number of fused-ring (bicyclic) bond motifs is 5. The molecule has 0 aromatic heterocycles. The van der Waals surface area contributed by atoms with Gasteiger partial charge in [0, 0.05) is 11.9 Å². The highest BCUT2D eigenvalue weighted by Gasteiger charge is 2.63. The summed E-state index contributed by atoms with van der Waals surface area (Å²) in [6.07, 6.45) is -3.36. The van der Waals surface area contributed by atoms with Gasteiger partial charge in [-0.25, -0.2) is 0 Å². The van der Waals surface area contributed by atoms with E-state index in [2.05, 4.69) is 13.8 Å². The molecule has 0 aromatic carbocycles. The summed E-state index contributed by atoms with van der Waals surface area (Å²) in [6, 6.07) is 0. The van der Waals surface area contributed by atoms with Crippen LogP contribution < -0.4 is 0 Å². The standard InChI is InChI=1S/C25H42O4/c1-15(5-10-23(28)29-4)19-8-9-20-18-7-6-16-13-17(26)11-12-24(16,2)21(18)14-22(27)25(19,20)3/h15-22,26-27H,5-14H2,1-4H3/t15-,16-,17-,18?,19-,20+,21?,22+,24+,25-/m1/s1/i11D2,13D2,17D. The van der Waals surface area contributed by atoms with Gasteiger partial charge in [-0.15, -0.1) is 0 Å². The van der Waals surface area contributed by atoms with Gasteiger partial charge >= 0.3 is 5.97 Å². The molecule has 4 saturated carbocycles. The minimum atomic E-state index is -2.80. The van der Waals surface area contributed by atoms with Crippen LogP contribution in [0.3, 0.4) is 0 Å². The van der Waals surface area contributed by atoms with Crippen molar-refractivity contribution in [2.24, 2.45) is 46.3 Å². The molecule has 0 saturated heterocycles. The first kappa shape index (κ1) is 16.1. The number of aliphatic hydroxyl groups is 2. The van der Waals surface area contributed by atoms with Gasteiger partial charge in [0.2, 0.25) is 0 Å². The third-order valence-corrected chi connectivity index (χ3v) is 9.71. The van der Waals surface area contributed by atoms with Crippen molar-refractivity contribution in [3.63, 3.8) is 0 Å². The van der Waals surface area contributed by atoms with E-state index in [1.807, 2.05) is 6.92 Å². The van der Waals surface area contributed by atoms with Crippen LogP contribution in [0.25, 0.3) is 0 Å². The molecule has 0 spiro atoms. The molecule has 0 radical (unpaired) electrons. The van der Waals surface area contributed by atoms with Gasteiger partial charge in [0.25, 0.3) is 0 Å². The van der Waals surface area contributed by atoms with Gasteiger partial charge in [-0.2, -0.15) is 0 Å². The summed E-state index contributed by atoms with van der Waals surface area (Å²) in [5, 5.41) is 22.3. The van der Waals surface area contributed by atoms with Crippen molar-refractivity contribution in [3.8, 4) is 0 Å². The zero-order valence-corrected chi connectivity index (χ0v) is 18.4. The van der Waals surface area contributed by atoms with Gasteiger partial charge in [0.1, 0.15) is 0 Å². The Kier molecular flexibility index (Phi) is 4.34. The minimum absolute atomic E-state index is 0.0512. The molecule has 0 bridgehead atoms. The molecular weight excluding hydrogens is 364 g/mol. The van der Waals surface area contributed by atoms with Crippen LogP contribution in [-0.2, 0) is 9.53 Å². The predicted molar refractivity (Wildman–Crippen MR) is 113 cm³/mol. The Hall–Kier alpha value is -0.610. The van der Waals surface area contributed by atoms with Crippen LogP contribution in [0.2, 0.25) is 0 Å². The maximum Gasteiger partial charge on any atom is 0.305 e. The number of carbonyl (C=O) groups excluding carboxylic acids is 1. The van der Waals surface area contributed by atoms with E-state index >= 15 is 0 Å². The van der Waals surface area contributed by atoms with Crippen molar-refractivity contribution < 1.29 is 26.6 Å². The van der Waals surface area contributed by atoms with Gasteiger partial charge < -0.3 is 14.9 Å². The molecule has 4 aliphatic carbocycles. The fourth-order valence-electron chi connectivity index (χ4n) is 8.01. The Morgan fingerprint density at radius 2 is 2.00 bits per heavy atom. The molecule has 4 heteroatoms. The lowest BCUT2D eigenvalue weighted by Crippen LogP contribution is -2.58. The maximum absolute atomic E-state index is 11.7. The number of ether oxygens (including phenoxy) is 1. The van der Waals surface area contributed by atoms with Gasteiger partial charge in [0.05, 0.1) is 20.7 Å².